The van der Waals surface area contributed by atoms with E-state index in [1.807, 2.05) is 11.0 Å². The van der Waals surface area contributed by atoms with E-state index in [9.17, 15) is 14.4 Å². The molecular formula is C29H44Cl2N4O4. The first-order chi connectivity index (χ1) is 18.0. The number of methoxy groups -OCH3 is 1. The normalized spacial score (nSPS) is 27.0. The van der Waals surface area contributed by atoms with Gasteiger partial charge in [0, 0.05) is 57.0 Å². The molecule has 1 aromatic heterocycles. The molecule has 0 radical (unpaired) electrons. The minimum atomic E-state index is -0.165. The summed E-state index contributed by atoms with van der Waals surface area (Å²) in [7, 11) is 1.44. The molecule has 39 heavy (non-hydrogen) atoms. The van der Waals surface area contributed by atoms with Crippen molar-refractivity contribution in [3.05, 3.63) is 30.1 Å². The van der Waals surface area contributed by atoms with Crippen molar-refractivity contribution < 1.29 is 19.1 Å². The van der Waals surface area contributed by atoms with Crippen LogP contribution in [0, 0.1) is 17.8 Å². The van der Waals surface area contributed by atoms with Gasteiger partial charge < -0.3 is 14.5 Å². The maximum absolute atomic E-state index is 13.8. The molecule has 4 saturated heterocycles. The lowest BCUT2D eigenvalue weighted by molar-refractivity contribution is -0.148. The molecule has 0 aliphatic carbocycles. The molecule has 2 amide bonds. The number of hydrogen-bond donors (Lipinski definition) is 0. The van der Waals surface area contributed by atoms with Gasteiger partial charge in [0.05, 0.1) is 12.7 Å². The molecule has 218 valence electrons. The van der Waals surface area contributed by atoms with Crippen LogP contribution in [0.3, 0.4) is 0 Å². The summed E-state index contributed by atoms with van der Waals surface area (Å²) in [6, 6.07) is 4.41. The second-order valence-corrected chi connectivity index (χ2v) is 11.5. The Morgan fingerprint density at radius 1 is 1.03 bits per heavy atom. The second kappa shape index (κ2) is 14.6. The fourth-order valence-corrected chi connectivity index (χ4v) is 7.59. The van der Waals surface area contributed by atoms with Gasteiger partial charge in [-0.25, -0.2) is 0 Å². The molecule has 0 N–H and O–H groups in total. The van der Waals surface area contributed by atoms with Gasteiger partial charge in [0.25, 0.3) is 5.91 Å². The first-order valence-electron chi connectivity index (χ1n) is 14.3. The van der Waals surface area contributed by atoms with Crippen molar-refractivity contribution in [2.24, 2.45) is 17.8 Å². The van der Waals surface area contributed by atoms with Crippen LogP contribution < -0.4 is 0 Å². The molecule has 0 saturated carbocycles. The number of carbonyl (C=O) groups excluding carboxylic acids is 3. The number of hydrogen-bond acceptors (Lipinski definition) is 6. The number of esters is 1. The zero-order valence-corrected chi connectivity index (χ0v) is 24.7. The van der Waals surface area contributed by atoms with Crippen molar-refractivity contribution in [3.8, 4) is 0 Å². The van der Waals surface area contributed by atoms with Gasteiger partial charge in [-0.1, -0.05) is 0 Å². The molecule has 0 bridgehead atoms. The van der Waals surface area contributed by atoms with Crippen LogP contribution in [-0.2, 0) is 14.3 Å². The topological polar surface area (TPSA) is 83.0 Å². The lowest BCUT2D eigenvalue weighted by atomic mass is 9.69. The van der Waals surface area contributed by atoms with Crippen LogP contribution in [0.4, 0.5) is 0 Å². The van der Waals surface area contributed by atoms with Gasteiger partial charge in [0.15, 0.2) is 0 Å². The zero-order valence-electron chi connectivity index (χ0n) is 23.0. The molecule has 4 atom stereocenters. The van der Waals surface area contributed by atoms with E-state index in [0.717, 1.165) is 32.2 Å². The quantitative estimate of drug-likeness (QED) is 0.448. The summed E-state index contributed by atoms with van der Waals surface area (Å²) in [5, 5.41) is 0. The van der Waals surface area contributed by atoms with Gasteiger partial charge in [-0.15, -0.1) is 24.8 Å². The minimum Gasteiger partial charge on any atom is -0.469 e. The average Bonchev–Trinajstić information content (AvgIpc) is 2.94. The van der Waals surface area contributed by atoms with Crippen LogP contribution in [-0.4, -0.2) is 89.4 Å². The van der Waals surface area contributed by atoms with E-state index >= 15 is 0 Å². The highest BCUT2D eigenvalue weighted by Gasteiger charge is 2.49. The third-order valence-electron chi connectivity index (χ3n) is 9.37. The molecule has 5 heterocycles. The van der Waals surface area contributed by atoms with E-state index in [1.54, 1.807) is 18.5 Å². The Kier molecular flexibility index (Phi) is 11.9. The number of carbonyl (C=O) groups is 3. The van der Waals surface area contributed by atoms with Crippen molar-refractivity contribution in [1.29, 1.82) is 0 Å². The third-order valence-corrected chi connectivity index (χ3v) is 9.37. The Morgan fingerprint density at radius 2 is 1.77 bits per heavy atom. The molecule has 0 spiro atoms. The lowest BCUT2D eigenvalue weighted by Crippen LogP contribution is -2.65. The Labute approximate surface area is 245 Å². The highest BCUT2D eigenvalue weighted by atomic mass is 35.5. The molecule has 10 heteroatoms. The number of ether oxygens (including phenoxy) is 1. The molecule has 4 aliphatic rings. The molecule has 8 nitrogen and oxygen atoms in total. The third kappa shape index (κ3) is 7.25. The number of rotatable bonds is 7. The van der Waals surface area contributed by atoms with Gasteiger partial charge in [-0.05, 0) is 94.3 Å². The van der Waals surface area contributed by atoms with Crippen molar-refractivity contribution in [2.75, 3.05) is 39.8 Å². The minimum absolute atomic E-state index is 0. The molecule has 0 aromatic carbocycles. The number of piperidine rings is 4. The Hall–Kier alpha value is -1.90. The van der Waals surface area contributed by atoms with Crippen molar-refractivity contribution in [2.45, 2.75) is 76.3 Å². The number of likely N-dealkylation sites (tertiary alicyclic amines) is 2. The molecule has 4 fully saturated rings. The fourth-order valence-electron chi connectivity index (χ4n) is 7.59. The molecule has 4 aliphatic heterocycles. The predicted octanol–water partition coefficient (Wildman–Crippen LogP) is 4.21. The highest BCUT2D eigenvalue weighted by Crippen LogP contribution is 2.43. The summed E-state index contributed by atoms with van der Waals surface area (Å²) in [5.41, 5.74) is 0.628. The molecule has 5 rings (SSSR count). The summed E-state index contributed by atoms with van der Waals surface area (Å²) in [6.45, 7) is 4.62. The summed E-state index contributed by atoms with van der Waals surface area (Å²) in [4.78, 5) is 49.3. The van der Waals surface area contributed by atoms with Crippen LogP contribution in [0.15, 0.2) is 24.5 Å². The van der Waals surface area contributed by atoms with Gasteiger partial charge >= 0.3 is 5.97 Å². The van der Waals surface area contributed by atoms with E-state index in [-0.39, 0.29) is 48.6 Å². The van der Waals surface area contributed by atoms with Gasteiger partial charge in [0.1, 0.15) is 0 Å². The molecule has 1 aromatic rings. The number of halogens is 2. The SMILES string of the molecule is COC(=O)CCCC1C2CCCN3CCCC(CN1C(=O)CC1CCN(C(=O)c4cccnc4)CC1)C23.Cl.Cl. The smallest absolute Gasteiger partial charge is 0.305 e. The Balaban J connectivity index is 0.00000210. The zero-order chi connectivity index (χ0) is 25.8. The van der Waals surface area contributed by atoms with Gasteiger partial charge in [-0.3, -0.25) is 24.3 Å². The second-order valence-electron chi connectivity index (χ2n) is 11.5. The van der Waals surface area contributed by atoms with Gasteiger partial charge in [-0.2, -0.15) is 0 Å². The standard InChI is InChI=1S/C29H42N4O4.2ClH/c1-37-27(35)10-2-9-25-24-8-5-15-31-14-4-7-23(28(24)31)20-33(25)26(34)18-21-11-16-32(17-12-21)29(36)22-6-3-13-30-19-22;;/h3,6,13,19,21,23-25,28H,2,4-5,7-12,14-18,20H2,1H3;2*1H. The van der Waals surface area contributed by atoms with E-state index < -0.39 is 0 Å². The van der Waals surface area contributed by atoms with Crippen LogP contribution in [0.2, 0.25) is 0 Å². The predicted molar refractivity (Wildman–Crippen MR) is 154 cm³/mol. The lowest BCUT2D eigenvalue weighted by Gasteiger charge is -2.57. The number of pyridine rings is 1. The summed E-state index contributed by atoms with van der Waals surface area (Å²) < 4.78 is 4.88. The van der Waals surface area contributed by atoms with E-state index in [0.29, 0.717) is 55.3 Å². The summed E-state index contributed by atoms with van der Waals surface area (Å²) >= 11 is 0. The molecular weight excluding hydrogens is 539 g/mol. The largest absolute Gasteiger partial charge is 0.469 e. The van der Waals surface area contributed by atoms with E-state index in [1.165, 1.54) is 45.9 Å². The molecule has 4 unspecified atom stereocenters. The van der Waals surface area contributed by atoms with Crippen LogP contribution in [0.1, 0.15) is 74.6 Å². The van der Waals surface area contributed by atoms with Crippen LogP contribution in [0.25, 0.3) is 0 Å². The van der Waals surface area contributed by atoms with E-state index in [2.05, 4.69) is 14.8 Å². The number of amides is 2. The highest BCUT2D eigenvalue weighted by molar-refractivity contribution is 5.94. The Morgan fingerprint density at radius 3 is 2.46 bits per heavy atom. The van der Waals surface area contributed by atoms with Crippen molar-refractivity contribution >= 4 is 42.6 Å². The monoisotopic (exact) mass is 582 g/mol. The van der Waals surface area contributed by atoms with Crippen molar-refractivity contribution in [3.63, 3.8) is 0 Å². The van der Waals surface area contributed by atoms with Gasteiger partial charge in [0.2, 0.25) is 5.91 Å². The average molecular weight is 584 g/mol. The Bertz CT molecular complexity index is 958. The first kappa shape index (κ1) is 31.6. The van der Waals surface area contributed by atoms with E-state index in [4.69, 9.17) is 4.74 Å². The maximum atomic E-state index is 13.8. The maximum Gasteiger partial charge on any atom is 0.305 e. The van der Waals surface area contributed by atoms with Crippen molar-refractivity contribution in [1.82, 2.24) is 19.7 Å². The fraction of sp³-hybridized carbons (Fsp3) is 0.724. The first-order valence-corrected chi connectivity index (χ1v) is 14.3. The number of nitrogens with zero attached hydrogens (tertiary/aromatic N) is 4. The summed E-state index contributed by atoms with van der Waals surface area (Å²) in [6.07, 6.45) is 12.5. The summed E-state index contributed by atoms with van der Waals surface area (Å²) in [5.74, 6) is 1.54. The van der Waals surface area contributed by atoms with Crippen LogP contribution in [0.5, 0.6) is 0 Å². The number of aromatic nitrogens is 1. The van der Waals surface area contributed by atoms with Crippen LogP contribution >= 0.6 is 24.8 Å².